The predicted molar refractivity (Wildman–Crippen MR) is 79.0 cm³/mol. The lowest BCUT2D eigenvalue weighted by Crippen LogP contribution is -2.18. The molecule has 1 atom stereocenters. The van der Waals surface area contributed by atoms with Crippen LogP contribution in [0, 0.1) is 0 Å². The molecule has 0 saturated heterocycles. The number of ether oxygens (including phenoxy) is 2. The van der Waals surface area contributed by atoms with Crippen molar-refractivity contribution in [3.8, 4) is 11.6 Å². The van der Waals surface area contributed by atoms with E-state index in [1.807, 2.05) is 36.4 Å². The fourth-order valence-corrected chi connectivity index (χ4v) is 1.96. The number of hydrogen-bond acceptors (Lipinski definition) is 4. The van der Waals surface area contributed by atoms with Crippen LogP contribution in [-0.2, 0) is 6.54 Å². The fourth-order valence-electron chi connectivity index (χ4n) is 1.96. The van der Waals surface area contributed by atoms with Crippen molar-refractivity contribution < 1.29 is 9.47 Å². The highest BCUT2D eigenvalue weighted by Gasteiger charge is 2.06. The number of benzene rings is 1. The molecule has 0 fully saturated rings. The molecule has 20 heavy (non-hydrogen) atoms. The second-order valence-corrected chi connectivity index (χ2v) is 4.55. The molecule has 0 saturated carbocycles. The Morgan fingerprint density at radius 3 is 2.65 bits per heavy atom. The molecule has 0 amide bonds. The first-order chi connectivity index (χ1) is 9.72. The lowest BCUT2D eigenvalue weighted by Gasteiger charge is -2.15. The minimum Gasteiger partial charge on any atom is -0.497 e. The number of aromatic nitrogens is 1. The van der Waals surface area contributed by atoms with Crippen molar-refractivity contribution >= 4 is 0 Å². The van der Waals surface area contributed by atoms with Gasteiger partial charge < -0.3 is 14.8 Å². The molecule has 0 radical (unpaired) electrons. The van der Waals surface area contributed by atoms with E-state index < -0.39 is 0 Å². The third-order valence-corrected chi connectivity index (χ3v) is 3.17. The van der Waals surface area contributed by atoms with Crippen LogP contribution in [0.3, 0.4) is 0 Å². The zero-order valence-electron chi connectivity index (χ0n) is 12.1. The topological polar surface area (TPSA) is 43.4 Å². The van der Waals surface area contributed by atoms with Gasteiger partial charge in [-0.05, 0) is 30.7 Å². The number of rotatable bonds is 6. The molecular formula is C16H20N2O2. The van der Waals surface area contributed by atoms with Gasteiger partial charge in [0.2, 0.25) is 5.88 Å². The van der Waals surface area contributed by atoms with Gasteiger partial charge in [-0.1, -0.05) is 18.2 Å². The van der Waals surface area contributed by atoms with E-state index in [2.05, 4.69) is 23.3 Å². The molecule has 0 aliphatic rings. The van der Waals surface area contributed by atoms with Crippen LogP contribution in [0.4, 0.5) is 0 Å². The van der Waals surface area contributed by atoms with E-state index in [0.717, 1.165) is 11.4 Å². The number of nitrogens with one attached hydrogen (secondary N) is 1. The zero-order valence-corrected chi connectivity index (χ0v) is 12.1. The Morgan fingerprint density at radius 2 is 1.90 bits per heavy atom. The van der Waals surface area contributed by atoms with Gasteiger partial charge in [0.05, 0.1) is 19.9 Å². The normalized spacial score (nSPS) is 11.9. The number of nitrogens with zero attached hydrogens (tertiary/aromatic N) is 1. The zero-order chi connectivity index (χ0) is 14.4. The summed E-state index contributed by atoms with van der Waals surface area (Å²) in [5.41, 5.74) is 2.14. The quantitative estimate of drug-likeness (QED) is 0.878. The molecule has 0 unspecified atom stereocenters. The van der Waals surface area contributed by atoms with E-state index in [1.54, 1.807) is 14.2 Å². The fraction of sp³-hybridized carbons (Fsp3) is 0.312. The predicted octanol–water partition coefficient (Wildman–Crippen LogP) is 2.95. The van der Waals surface area contributed by atoms with E-state index in [1.165, 1.54) is 5.56 Å². The molecule has 1 heterocycles. The first kappa shape index (κ1) is 14.3. The Morgan fingerprint density at radius 1 is 1.10 bits per heavy atom. The van der Waals surface area contributed by atoms with Crippen molar-refractivity contribution in [2.75, 3.05) is 14.2 Å². The summed E-state index contributed by atoms with van der Waals surface area (Å²) in [6.07, 6.45) is 0. The highest BCUT2D eigenvalue weighted by Crippen LogP contribution is 2.19. The number of methoxy groups -OCH3 is 2. The summed E-state index contributed by atoms with van der Waals surface area (Å²) in [6.45, 7) is 2.81. The molecule has 1 aromatic carbocycles. The van der Waals surface area contributed by atoms with Crippen molar-refractivity contribution in [3.63, 3.8) is 0 Å². The van der Waals surface area contributed by atoms with E-state index >= 15 is 0 Å². The summed E-state index contributed by atoms with van der Waals surface area (Å²) in [6, 6.07) is 14.0. The first-order valence-electron chi connectivity index (χ1n) is 6.60. The Balaban J connectivity index is 1.98. The second-order valence-electron chi connectivity index (χ2n) is 4.55. The highest BCUT2D eigenvalue weighted by molar-refractivity contribution is 5.30. The van der Waals surface area contributed by atoms with Gasteiger partial charge in [-0.3, -0.25) is 0 Å². The van der Waals surface area contributed by atoms with Crippen LogP contribution in [0.2, 0.25) is 0 Å². The highest BCUT2D eigenvalue weighted by atomic mass is 16.5. The summed E-state index contributed by atoms with van der Waals surface area (Å²) in [4.78, 5) is 4.38. The van der Waals surface area contributed by atoms with Gasteiger partial charge in [0.1, 0.15) is 5.75 Å². The molecule has 1 N–H and O–H groups in total. The minimum absolute atomic E-state index is 0.220. The monoisotopic (exact) mass is 272 g/mol. The van der Waals surface area contributed by atoms with Crippen molar-refractivity contribution in [1.82, 2.24) is 10.3 Å². The minimum atomic E-state index is 0.220. The third kappa shape index (κ3) is 3.71. The Hall–Kier alpha value is -2.07. The number of hydrogen-bond donors (Lipinski definition) is 1. The van der Waals surface area contributed by atoms with Gasteiger partial charge >= 0.3 is 0 Å². The van der Waals surface area contributed by atoms with Crippen molar-refractivity contribution in [3.05, 3.63) is 53.7 Å². The molecule has 0 aliphatic carbocycles. The van der Waals surface area contributed by atoms with E-state index in [4.69, 9.17) is 9.47 Å². The summed E-state index contributed by atoms with van der Waals surface area (Å²) >= 11 is 0. The number of pyridine rings is 1. The van der Waals surface area contributed by atoms with Crippen LogP contribution >= 0.6 is 0 Å². The summed E-state index contributed by atoms with van der Waals surface area (Å²) in [5.74, 6) is 1.51. The van der Waals surface area contributed by atoms with Crippen LogP contribution in [0.25, 0.3) is 0 Å². The molecular weight excluding hydrogens is 252 g/mol. The van der Waals surface area contributed by atoms with Crippen LogP contribution in [-0.4, -0.2) is 19.2 Å². The van der Waals surface area contributed by atoms with Gasteiger partial charge in [-0.2, -0.15) is 0 Å². The first-order valence-corrected chi connectivity index (χ1v) is 6.60. The van der Waals surface area contributed by atoms with Crippen molar-refractivity contribution in [2.24, 2.45) is 0 Å². The maximum absolute atomic E-state index is 5.24. The maximum Gasteiger partial charge on any atom is 0.213 e. The molecule has 2 aromatic rings. The molecule has 4 heteroatoms. The molecule has 0 bridgehead atoms. The van der Waals surface area contributed by atoms with Gasteiger partial charge in [0, 0.05) is 18.7 Å². The van der Waals surface area contributed by atoms with Crippen molar-refractivity contribution in [1.29, 1.82) is 0 Å². The molecule has 0 spiro atoms. The van der Waals surface area contributed by atoms with E-state index in [-0.39, 0.29) is 6.04 Å². The standard InChI is InChI=1S/C16H20N2O2/c1-12(13-6-4-8-15(10-13)19-2)17-11-14-7-5-9-16(18-14)20-3/h4-10,12,17H,11H2,1-3H3/t12-/m0/s1. The third-order valence-electron chi connectivity index (χ3n) is 3.17. The largest absolute Gasteiger partial charge is 0.497 e. The summed E-state index contributed by atoms with van der Waals surface area (Å²) in [5, 5.41) is 3.44. The average Bonchev–Trinajstić information content (AvgIpc) is 2.52. The Labute approximate surface area is 119 Å². The lowest BCUT2D eigenvalue weighted by atomic mass is 10.1. The van der Waals surface area contributed by atoms with Gasteiger partial charge in [-0.15, -0.1) is 0 Å². The van der Waals surface area contributed by atoms with E-state index in [9.17, 15) is 0 Å². The van der Waals surface area contributed by atoms with Gasteiger partial charge in [0.15, 0.2) is 0 Å². The van der Waals surface area contributed by atoms with Crippen LogP contribution < -0.4 is 14.8 Å². The molecule has 0 aliphatic heterocycles. The van der Waals surface area contributed by atoms with Crippen LogP contribution in [0.1, 0.15) is 24.2 Å². The second kappa shape index (κ2) is 6.91. The van der Waals surface area contributed by atoms with Gasteiger partial charge in [0.25, 0.3) is 0 Å². The Bertz CT molecular complexity index is 558. The molecule has 2 rings (SSSR count). The molecule has 1 aromatic heterocycles. The Kier molecular flexibility index (Phi) is 4.96. The summed E-state index contributed by atoms with van der Waals surface area (Å²) in [7, 11) is 3.30. The van der Waals surface area contributed by atoms with E-state index in [0.29, 0.717) is 12.4 Å². The van der Waals surface area contributed by atoms with Crippen LogP contribution in [0.5, 0.6) is 11.6 Å². The SMILES string of the molecule is COc1cccc([C@H](C)NCc2cccc(OC)n2)c1. The average molecular weight is 272 g/mol. The lowest BCUT2D eigenvalue weighted by molar-refractivity contribution is 0.395. The molecule has 106 valence electrons. The molecule has 4 nitrogen and oxygen atoms in total. The van der Waals surface area contributed by atoms with Crippen LogP contribution in [0.15, 0.2) is 42.5 Å². The summed E-state index contributed by atoms with van der Waals surface area (Å²) < 4.78 is 10.4. The smallest absolute Gasteiger partial charge is 0.213 e. The van der Waals surface area contributed by atoms with Crippen molar-refractivity contribution in [2.45, 2.75) is 19.5 Å². The maximum atomic E-state index is 5.24. The van der Waals surface area contributed by atoms with Gasteiger partial charge in [-0.25, -0.2) is 4.98 Å².